The summed E-state index contributed by atoms with van der Waals surface area (Å²) in [7, 11) is 0. The summed E-state index contributed by atoms with van der Waals surface area (Å²) < 4.78 is 0. The molecule has 0 bridgehead atoms. The summed E-state index contributed by atoms with van der Waals surface area (Å²) in [5.41, 5.74) is 0. The van der Waals surface area contributed by atoms with E-state index in [4.69, 9.17) is 0 Å². The molecule has 1 fully saturated rings. The minimum Gasteiger partial charge on any atom is -0.352 e. The number of carbonyl (C=O) groups is 1. The van der Waals surface area contributed by atoms with Gasteiger partial charge in [-0.2, -0.15) is 0 Å². The monoisotopic (exact) mass is 281 g/mol. The highest BCUT2D eigenvalue weighted by molar-refractivity contribution is 7.09. The van der Waals surface area contributed by atoms with Crippen molar-refractivity contribution in [3.63, 3.8) is 0 Å². The summed E-state index contributed by atoms with van der Waals surface area (Å²) in [5, 5.41) is 8.52. The fourth-order valence-electron chi connectivity index (χ4n) is 2.36. The van der Waals surface area contributed by atoms with E-state index in [0.29, 0.717) is 6.54 Å². The van der Waals surface area contributed by atoms with Crippen LogP contribution < -0.4 is 10.6 Å². The zero-order valence-corrected chi connectivity index (χ0v) is 12.3. The first kappa shape index (κ1) is 14.5. The summed E-state index contributed by atoms with van der Waals surface area (Å²) in [6.07, 6.45) is 2.04. The lowest BCUT2D eigenvalue weighted by Crippen LogP contribution is -2.42. The molecule has 1 aliphatic rings. The van der Waals surface area contributed by atoms with Gasteiger partial charge in [-0.15, -0.1) is 11.3 Å². The summed E-state index contributed by atoms with van der Waals surface area (Å²) in [6.45, 7) is 6.62. The molecule has 1 amide bonds. The molecular weight excluding hydrogens is 258 g/mol. The maximum atomic E-state index is 12.0. The van der Waals surface area contributed by atoms with Crippen LogP contribution in [0.2, 0.25) is 0 Å². The van der Waals surface area contributed by atoms with Crippen molar-refractivity contribution in [2.24, 2.45) is 0 Å². The Balaban J connectivity index is 1.70. The van der Waals surface area contributed by atoms with Crippen molar-refractivity contribution in [1.29, 1.82) is 0 Å². The molecule has 1 aromatic rings. The van der Waals surface area contributed by atoms with E-state index in [-0.39, 0.29) is 11.9 Å². The average molecular weight is 281 g/mol. The van der Waals surface area contributed by atoms with E-state index < -0.39 is 0 Å². The van der Waals surface area contributed by atoms with Crippen LogP contribution in [-0.2, 0) is 11.2 Å². The molecule has 1 atom stereocenters. The number of carbonyl (C=O) groups excluding carboxylic acids is 1. The molecule has 1 aromatic heterocycles. The number of amides is 1. The summed E-state index contributed by atoms with van der Waals surface area (Å²) in [5.74, 6) is 0.144. The molecular formula is C14H23N3OS. The van der Waals surface area contributed by atoms with Gasteiger partial charge in [0, 0.05) is 30.4 Å². The normalized spacial score (nSPS) is 18.8. The Morgan fingerprint density at radius 2 is 2.42 bits per heavy atom. The molecule has 1 aliphatic heterocycles. The maximum absolute atomic E-state index is 12.0. The lowest BCUT2D eigenvalue weighted by atomic mass is 10.2. The molecule has 19 heavy (non-hydrogen) atoms. The van der Waals surface area contributed by atoms with E-state index in [1.165, 1.54) is 4.88 Å². The van der Waals surface area contributed by atoms with Gasteiger partial charge in [-0.05, 0) is 37.9 Å². The predicted octanol–water partition coefficient (Wildman–Crippen LogP) is 1.09. The van der Waals surface area contributed by atoms with E-state index in [1.54, 1.807) is 11.3 Å². The second-order valence-corrected chi connectivity index (χ2v) is 6.16. The number of hydrogen-bond acceptors (Lipinski definition) is 4. The van der Waals surface area contributed by atoms with E-state index in [2.05, 4.69) is 40.0 Å². The van der Waals surface area contributed by atoms with E-state index >= 15 is 0 Å². The highest BCUT2D eigenvalue weighted by atomic mass is 32.1. The van der Waals surface area contributed by atoms with Crippen molar-refractivity contribution in [1.82, 2.24) is 15.5 Å². The molecule has 0 radical (unpaired) electrons. The third-order valence-corrected chi connectivity index (χ3v) is 4.19. The number of thiophene rings is 1. The van der Waals surface area contributed by atoms with Crippen LogP contribution in [0.15, 0.2) is 17.5 Å². The molecule has 1 unspecified atom stereocenters. The summed E-state index contributed by atoms with van der Waals surface area (Å²) >= 11 is 1.75. The largest absolute Gasteiger partial charge is 0.352 e. The van der Waals surface area contributed by atoms with Crippen molar-refractivity contribution in [3.05, 3.63) is 22.4 Å². The Hall–Kier alpha value is -0.910. The number of rotatable bonds is 5. The van der Waals surface area contributed by atoms with Crippen LogP contribution in [0.1, 0.15) is 18.2 Å². The molecule has 0 spiro atoms. The molecule has 106 valence electrons. The Morgan fingerprint density at radius 1 is 1.53 bits per heavy atom. The van der Waals surface area contributed by atoms with Crippen molar-refractivity contribution >= 4 is 17.2 Å². The first-order valence-corrected chi connectivity index (χ1v) is 7.87. The molecule has 5 heteroatoms. The first-order valence-electron chi connectivity index (χ1n) is 6.99. The Bertz CT molecular complexity index is 372. The Morgan fingerprint density at radius 3 is 3.21 bits per heavy atom. The van der Waals surface area contributed by atoms with E-state index in [1.807, 2.05) is 0 Å². The topological polar surface area (TPSA) is 44.4 Å². The van der Waals surface area contributed by atoms with Gasteiger partial charge in [0.05, 0.1) is 6.54 Å². The first-order chi connectivity index (χ1) is 9.24. The van der Waals surface area contributed by atoms with Gasteiger partial charge in [0.25, 0.3) is 0 Å². The third-order valence-electron chi connectivity index (χ3n) is 3.29. The van der Waals surface area contributed by atoms with Crippen LogP contribution in [0.4, 0.5) is 0 Å². The van der Waals surface area contributed by atoms with E-state index in [9.17, 15) is 4.79 Å². The van der Waals surface area contributed by atoms with Gasteiger partial charge in [-0.25, -0.2) is 0 Å². The van der Waals surface area contributed by atoms with Crippen LogP contribution in [0, 0.1) is 0 Å². The highest BCUT2D eigenvalue weighted by Crippen LogP contribution is 2.10. The lowest BCUT2D eigenvalue weighted by Gasteiger charge is -2.20. The molecule has 1 saturated heterocycles. The standard InChI is InChI=1S/C14H23N3OS/c1-12(10-13-4-2-9-19-13)16-14(18)11-17-7-3-5-15-6-8-17/h2,4,9,12,15H,3,5-8,10-11H2,1H3,(H,16,18). The van der Waals surface area contributed by atoms with Crippen LogP contribution in [0.3, 0.4) is 0 Å². The van der Waals surface area contributed by atoms with Gasteiger partial charge in [0.15, 0.2) is 0 Å². The van der Waals surface area contributed by atoms with Gasteiger partial charge < -0.3 is 10.6 Å². The van der Waals surface area contributed by atoms with Crippen molar-refractivity contribution < 1.29 is 4.79 Å². The number of hydrogen-bond donors (Lipinski definition) is 2. The molecule has 2 heterocycles. The van der Waals surface area contributed by atoms with E-state index in [0.717, 1.165) is 39.0 Å². The fraction of sp³-hybridized carbons (Fsp3) is 0.643. The summed E-state index contributed by atoms with van der Waals surface area (Å²) in [6, 6.07) is 4.38. The van der Waals surface area contributed by atoms with Crippen LogP contribution >= 0.6 is 11.3 Å². The minimum absolute atomic E-state index is 0.144. The SMILES string of the molecule is CC(Cc1cccs1)NC(=O)CN1CCCNCC1. The molecule has 2 N–H and O–H groups in total. The highest BCUT2D eigenvalue weighted by Gasteiger charge is 2.14. The third kappa shape index (κ3) is 5.30. The van der Waals surface area contributed by atoms with Crippen LogP contribution in [0.25, 0.3) is 0 Å². The zero-order chi connectivity index (χ0) is 13.5. The van der Waals surface area contributed by atoms with Gasteiger partial charge in [0.1, 0.15) is 0 Å². The minimum atomic E-state index is 0.144. The number of nitrogens with zero attached hydrogens (tertiary/aromatic N) is 1. The van der Waals surface area contributed by atoms with Crippen molar-refractivity contribution in [2.45, 2.75) is 25.8 Å². The molecule has 0 saturated carbocycles. The second kappa shape index (κ2) is 7.62. The van der Waals surface area contributed by atoms with Crippen LogP contribution in [0.5, 0.6) is 0 Å². The molecule has 4 nitrogen and oxygen atoms in total. The van der Waals surface area contributed by atoms with Crippen molar-refractivity contribution in [2.75, 3.05) is 32.7 Å². The average Bonchev–Trinajstić information content (AvgIpc) is 2.72. The van der Waals surface area contributed by atoms with Gasteiger partial charge >= 0.3 is 0 Å². The smallest absolute Gasteiger partial charge is 0.234 e. The Kier molecular flexibility index (Phi) is 5.82. The fourth-order valence-corrected chi connectivity index (χ4v) is 3.20. The van der Waals surface area contributed by atoms with Gasteiger partial charge in [-0.1, -0.05) is 6.07 Å². The van der Waals surface area contributed by atoms with Crippen molar-refractivity contribution in [3.8, 4) is 0 Å². The maximum Gasteiger partial charge on any atom is 0.234 e. The lowest BCUT2D eigenvalue weighted by molar-refractivity contribution is -0.122. The summed E-state index contributed by atoms with van der Waals surface area (Å²) in [4.78, 5) is 15.5. The van der Waals surface area contributed by atoms with Gasteiger partial charge in [0.2, 0.25) is 5.91 Å². The quantitative estimate of drug-likeness (QED) is 0.849. The zero-order valence-electron chi connectivity index (χ0n) is 11.5. The van der Waals surface area contributed by atoms with Crippen LogP contribution in [-0.4, -0.2) is 49.6 Å². The molecule has 2 rings (SSSR count). The molecule has 0 aromatic carbocycles. The number of nitrogens with one attached hydrogen (secondary N) is 2. The van der Waals surface area contributed by atoms with Gasteiger partial charge in [-0.3, -0.25) is 9.69 Å². The Labute approximate surface area is 119 Å². The molecule has 0 aliphatic carbocycles. The predicted molar refractivity (Wildman–Crippen MR) is 79.6 cm³/mol. The second-order valence-electron chi connectivity index (χ2n) is 5.13.